The number of hydrogen-bond acceptors (Lipinski definition) is 4. The van der Waals surface area contributed by atoms with Crippen LogP contribution in [0.1, 0.15) is 18.5 Å². The van der Waals surface area contributed by atoms with Gasteiger partial charge < -0.3 is 9.88 Å². The van der Waals surface area contributed by atoms with Crippen LogP contribution in [0, 0.1) is 3.57 Å². The van der Waals surface area contributed by atoms with E-state index in [1.54, 1.807) is 18.9 Å². The predicted molar refractivity (Wildman–Crippen MR) is 108 cm³/mol. The summed E-state index contributed by atoms with van der Waals surface area (Å²) in [6, 6.07) is 14.7. The molecule has 2 aromatic carbocycles. The second kappa shape index (κ2) is 6.79. The maximum Gasteiger partial charge on any atom is 0.137 e. The van der Waals surface area contributed by atoms with Crippen LogP contribution in [-0.2, 0) is 0 Å². The van der Waals surface area contributed by atoms with Gasteiger partial charge in [-0.3, -0.25) is 0 Å². The van der Waals surface area contributed by atoms with E-state index < -0.39 is 0 Å². The van der Waals surface area contributed by atoms with E-state index in [0.717, 1.165) is 26.0 Å². The Balaban J connectivity index is 1.66. The molecule has 1 unspecified atom stereocenters. The van der Waals surface area contributed by atoms with Crippen molar-refractivity contribution in [2.75, 3.05) is 5.32 Å². The van der Waals surface area contributed by atoms with Gasteiger partial charge in [-0.15, -0.1) is 0 Å². The molecule has 0 spiro atoms. The van der Waals surface area contributed by atoms with Gasteiger partial charge in [0.05, 0.1) is 17.9 Å². The highest BCUT2D eigenvalue weighted by atomic mass is 127. The summed E-state index contributed by atoms with van der Waals surface area (Å²) in [5, 5.41) is 4.56. The first-order valence-corrected chi connectivity index (χ1v) is 9.04. The van der Waals surface area contributed by atoms with Gasteiger partial charge in [0.15, 0.2) is 0 Å². The summed E-state index contributed by atoms with van der Waals surface area (Å²) in [5.41, 5.74) is 3.21. The van der Waals surface area contributed by atoms with Crippen molar-refractivity contribution in [2.45, 2.75) is 13.0 Å². The van der Waals surface area contributed by atoms with Gasteiger partial charge in [-0.1, -0.05) is 12.1 Å². The third kappa shape index (κ3) is 3.34. The van der Waals surface area contributed by atoms with Crippen molar-refractivity contribution in [3.63, 3.8) is 0 Å². The molecule has 5 nitrogen and oxygen atoms in total. The van der Waals surface area contributed by atoms with Crippen molar-refractivity contribution in [3.8, 4) is 5.69 Å². The van der Waals surface area contributed by atoms with Crippen LogP contribution < -0.4 is 5.32 Å². The number of rotatable bonds is 4. The van der Waals surface area contributed by atoms with Crippen molar-refractivity contribution >= 4 is 39.3 Å². The Morgan fingerprint density at radius 1 is 1.12 bits per heavy atom. The minimum atomic E-state index is 0.111. The number of anilines is 1. The number of nitrogens with zero attached hydrogens (tertiary/aromatic N) is 4. The Hall–Kier alpha value is -2.48. The fourth-order valence-corrected chi connectivity index (χ4v) is 3.29. The fourth-order valence-electron chi connectivity index (χ4n) is 2.80. The third-order valence-corrected chi connectivity index (χ3v) is 4.79. The molecule has 0 saturated heterocycles. The molecule has 124 valence electrons. The summed E-state index contributed by atoms with van der Waals surface area (Å²) < 4.78 is 3.16. The molecular formula is C19H16IN5. The average molecular weight is 441 g/mol. The lowest BCUT2D eigenvalue weighted by Crippen LogP contribution is -2.09. The number of benzene rings is 2. The highest BCUT2D eigenvalue weighted by molar-refractivity contribution is 14.1. The van der Waals surface area contributed by atoms with Gasteiger partial charge >= 0.3 is 0 Å². The number of aromatic nitrogens is 4. The van der Waals surface area contributed by atoms with E-state index in [9.17, 15) is 0 Å². The number of imidazole rings is 1. The van der Waals surface area contributed by atoms with E-state index in [1.807, 2.05) is 16.8 Å². The summed E-state index contributed by atoms with van der Waals surface area (Å²) in [7, 11) is 0. The van der Waals surface area contributed by atoms with Crippen molar-refractivity contribution < 1.29 is 0 Å². The molecule has 0 bridgehead atoms. The third-order valence-electron chi connectivity index (χ3n) is 4.12. The van der Waals surface area contributed by atoms with Crippen molar-refractivity contribution in [1.29, 1.82) is 0 Å². The first kappa shape index (κ1) is 16.0. The smallest absolute Gasteiger partial charge is 0.137 e. The summed E-state index contributed by atoms with van der Waals surface area (Å²) in [5.74, 6) is 0.851. The van der Waals surface area contributed by atoms with E-state index in [-0.39, 0.29) is 6.04 Å². The van der Waals surface area contributed by atoms with Crippen molar-refractivity contribution in [1.82, 2.24) is 19.5 Å². The molecule has 0 fully saturated rings. The van der Waals surface area contributed by atoms with Crippen LogP contribution in [0.5, 0.6) is 0 Å². The predicted octanol–water partition coefficient (Wildman–Crippen LogP) is 4.59. The molecule has 1 N–H and O–H groups in total. The Labute approximate surface area is 159 Å². The molecule has 2 heterocycles. The van der Waals surface area contributed by atoms with Crippen LogP contribution in [0.25, 0.3) is 16.6 Å². The molecule has 25 heavy (non-hydrogen) atoms. The highest BCUT2D eigenvalue weighted by Gasteiger charge is 2.10. The summed E-state index contributed by atoms with van der Waals surface area (Å²) in [6.45, 7) is 2.13. The second-order valence-electron chi connectivity index (χ2n) is 5.81. The number of nitrogens with one attached hydrogen (secondary N) is 1. The van der Waals surface area contributed by atoms with E-state index in [0.29, 0.717) is 0 Å². The Kier molecular flexibility index (Phi) is 4.35. The molecule has 0 amide bonds. The van der Waals surface area contributed by atoms with E-state index >= 15 is 0 Å². The standard InChI is InChI=1S/C19H16IN5/c1-13(14-3-2-4-16(9-14)25-8-7-21-12-25)24-19-17-10-15(20)5-6-18(17)22-11-23-19/h2-13H,1H3,(H,22,23,24). The minimum absolute atomic E-state index is 0.111. The molecule has 0 radical (unpaired) electrons. The van der Waals surface area contributed by atoms with Crippen LogP contribution >= 0.6 is 22.6 Å². The van der Waals surface area contributed by atoms with Crippen LogP contribution in [0.15, 0.2) is 67.5 Å². The average Bonchev–Trinajstić information content (AvgIpc) is 3.17. The van der Waals surface area contributed by atoms with Crippen LogP contribution in [0.3, 0.4) is 0 Å². The molecule has 0 saturated carbocycles. The molecule has 0 aliphatic heterocycles. The first-order chi connectivity index (χ1) is 12.2. The zero-order chi connectivity index (χ0) is 17.2. The normalized spacial score (nSPS) is 12.2. The summed E-state index contributed by atoms with van der Waals surface area (Å²) in [4.78, 5) is 12.9. The van der Waals surface area contributed by atoms with Gasteiger partial charge in [-0.05, 0) is 65.4 Å². The zero-order valence-electron chi connectivity index (χ0n) is 13.6. The highest BCUT2D eigenvalue weighted by Crippen LogP contribution is 2.26. The first-order valence-electron chi connectivity index (χ1n) is 7.96. The monoisotopic (exact) mass is 441 g/mol. The molecular weight excluding hydrogens is 425 g/mol. The topological polar surface area (TPSA) is 55.6 Å². The fraction of sp³-hybridized carbons (Fsp3) is 0.105. The van der Waals surface area contributed by atoms with Crippen molar-refractivity contribution in [2.24, 2.45) is 0 Å². The Bertz CT molecular complexity index is 1010. The molecule has 6 heteroatoms. The minimum Gasteiger partial charge on any atom is -0.363 e. The maximum atomic E-state index is 4.45. The molecule has 2 aromatic heterocycles. The van der Waals surface area contributed by atoms with Crippen LogP contribution in [-0.4, -0.2) is 19.5 Å². The zero-order valence-corrected chi connectivity index (χ0v) is 15.8. The number of fused-ring (bicyclic) bond motifs is 1. The molecule has 1 atom stereocenters. The largest absolute Gasteiger partial charge is 0.363 e. The van der Waals surface area contributed by atoms with Gasteiger partial charge in [0.25, 0.3) is 0 Å². The van der Waals surface area contributed by atoms with E-state index in [1.165, 1.54) is 5.56 Å². The van der Waals surface area contributed by atoms with Gasteiger partial charge in [-0.25, -0.2) is 15.0 Å². The SMILES string of the molecule is CC(Nc1ncnc2ccc(I)cc12)c1cccc(-n2ccnc2)c1. The molecule has 4 rings (SSSR count). The number of hydrogen-bond donors (Lipinski definition) is 1. The lowest BCUT2D eigenvalue weighted by Gasteiger charge is -2.17. The quantitative estimate of drug-likeness (QED) is 0.471. The van der Waals surface area contributed by atoms with Gasteiger partial charge in [0, 0.05) is 27.0 Å². The van der Waals surface area contributed by atoms with Gasteiger partial charge in [-0.2, -0.15) is 0 Å². The van der Waals surface area contributed by atoms with Crippen LogP contribution in [0.2, 0.25) is 0 Å². The van der Waals surface area contributed by atoms with Crippen LogP contribution in [0.4, 0.5) is 5.82 Å². The Morgan fingerprint density at radius 2 is 2.04 bits per heavy atom. The maximum absolute atomic E-state index is 4.45. The Morgan fingerprint density at radius 3 is 2.88 bits per heavy atom. The van der Waals surface area contributed by atoms with Crippen molar-refractivity contribution in [3.05, 3.63) is 76.6 Å². The second-order valence-corrected chi connectivity index (χ2v) is 7.06. The molecule has 0 aliphatic carbocycles. The summed E-state index contributed by atoms with van der Waals surface area (Å²) in [6.07, 6.45) is 7.13. The van der Waals surface area contributed by atoms with Gasteiger partial charge in [0.2, 0.25) is 0 Å². The van der Waals surface area contributed by atoms with E-state index in [2.05, 4.69) is 86.2 Å². The van der Waals surface area contributed by atoms with Gasteiger partial charge in [0.1, 0.15) is 12.1 Å². The lowest BCUT2D eigenvalue weighted by atomic mass is 10.1. The number of halogens is 1. The summed E-state index contributed by atoms with van der Waals surface area (Å²) >= 11 is 2.31. The molecule has 0 aliphatic rings. The molecule has 4 aromatic rings. The van der Waals surface area contributed by atoms with E-state index in [4.69, 9.17) is 0 Å². The lowest BCUT2D eigenvalue weighted by molar-refractivity contribution is 0.871.